The molecule has 0 atom stereocenters. The van der Waals surface area contributed by atoms with E-state index in [9.17, 15) is 9.18 Å². The van der Waals surface area contributed by atoms with Crippen molar-refractivity contribution < 1.29 is 13.9 Å². The summed E-state index contributed by atoms with van der Waals surface area (Å²) in [7, 11) is 3.11. The van der Waals surface area contributed by atoms with Gasteiger partial charge in [-0.05, 0) is 48.7 Å². The summed E-state index contributed by atoms with van der Waals surface area (Å²) < 4.78 is 19.4. The van der Waals surface area contributed by atoms with Gasteiger partial charge < -0.3 is 15.0 Å². The minimum atomic E-state index is -0.442. The van der Waals surface area contributed by atoms with Gasteiger partial charge >= 0.3 is 0 Å². The number of carbonyl (C=O) groups excluding carboxylic acids is 1. The van der Waals surface area contributed by atoms with Crippen molar-refractivity contribution in [1.29, 1.82) is 0 Å². The summed E-state index contributed by atoms with van der Waals surface area (Å²) in [6, 6.07) is 10.7. The van der Waals surface area contributed by atoms with Crippen molar-refractivity contribution in [3.8, 4) is 5.75 Å². The number of thioether (sulfide) groups is 1. The number of benzene rings is 2. The number of carbonyl (C=O) groups is 1. The Bertz CT molecular complexity index is 1040. The Hall–Kier alpha value is -2.65. The maximum Gasteiger partial charge on any atom is 0.233 e. The first-order valence-corrected chi connectivity index (χ1v) is 11.0. The molecule has 1 amide bonds. The van der Waals surface area contributed by atoms with E-state index < -0.39 is 5.82 Å². The van der Waals surface area contributed by atoms with Gasteiger partial charge in [0.15, 0.2) is 15.9 Å². The van der Waals surface area contributed by atoms with Crippen LogP contribution in [0.5, 0.6) is 5.75 Å². The van der Waals surface area contributed by atoms with Crippen molar-refractivity contribution in [2.45, 2.75) is 24.7 Å². The van der Waals surface area contributed by atoms with E-state index in [1.165, 1.54) is 41.8 Å². The molecule has 0 unspecified atom stereocenters. The second kappa shape index (κ2) is 9.90. The molecule has 0 saturated heterocycles. The zero-order chi connectivity index (χ0) is 21.7. The maximum absolute atomic E-state index is 13.8. The number of amides is 1. The average Bonchev–Trinajstić information content (AvgIpc) is 3.17. The second-order valence-electron chi connectivity index (χ2n) is 6.75. The van der Waals surface area contributed by atoms with Crippen LogP contribution in [0.3, 0.4) is 0 Å². The molecule has 158 valence electrons. The van der Waals surface area contributed by atoms with Crippen LogP contribution in [-0.4, -0.2) is 40.9 Å². The first-order valence-electron chi connectivity index (χ1n) is 9.23. The lowest BCUT2D eigenvalue weighted by molar-refractivity contribution is -0.127. The van der Waals surface area contributed by atoms with E-state index in [1.54, 1.807) is 24.1 Å². The number of hydrogen-bond donors (Lipinski definition) is 1. The van der Waals surface area contributed by atoms with Gasteiger partial charge in [-0.15, -0.1) is 10.2 Å². The van der Waals surface area contributed by atoms with Gasteiger partial charge in [0.2, 0.25) is 11.0 Å². The van der Waals surface area contributed by atoms with Gasteiger partial charge in [-0.2, -0.15) is 0 Å². The molecule has 3 aromatic rings. The lowest BCUT2D eigenvalue weighted by Crippen LogP contribution is -2.27. The number of aryl methyl sites for hydroxylation is 1. The molecule has 1 heterocycles. The van der Waals surface area contributed by atoms with Crippen LogP contribution in [0.1, 0.15) is 16.7 Å². The largest absolute Gasteiger partial charge is 0.494 e. The monoisotopic (exact) mass is 446 g/mol. The molecule has 3 rings (SSSR count). The van der Waals surface area contributed by atoms with E-state index in [4.69, 9.17) is 4.74 Å². The van der Waals surface area contributed by atoms with Crippen LogP contribution in [0, 0.1) is 19.7 Å². The first kappa shape index (κ1) is 22.0. The van der Waals surface area contributed by atoms with Crippen LogP contribution in [0.15, 0.2) is 40.7 Å². The highest BCUT2D eigenvalue weighted by Crippen LogP contribution is 2.29. The van der Waals surface area contributed by atoms with E-state index in [-0.39, 0.29) is 17.4 Å². The topological polar surface area (TPSA) is 67.3 Å². The summed E-state index contributed by atoms with van der Waals surface area (Å²) in [5.74, 6) is -0.101. The number of nitrogens with zero attached hydrogens (tertiary/aromatic N) is 3. The van der Waals surface area contributed by atoms with Gasteiger partial charge in [0, 0.05) is 19.3 Å². The number of aromatic nitrogens is 2. The molecule has 0 fully saturated rings. The highest BCUT2D eigenvalue weighted by Gasteiger charge is 2.14. The molecule has 9 heteroatoms. The third-order valence-electron chi connectivity index (χ3n) is 4.63. The fourth-order valence-electron chi connectivity index (χ4n) is 2.72. The lowest BCUT2D eigenvalue weighted by Gasteiger charge is -2.17. The van der Waals surface area contributed by atoms with E-state index in [0.29, 0.717) is 21.6 Å². The van der Waals surface area contributed by atoms with E-state index in [1.807, 2.05) is 12.1 Å². The molecular formula is C21H23FN4O2S2. The van der Waals surface area contributed by atoms with Crippen LogP contribution in [0.4, 0.5) is 15.2 Å². The van der Waals surface area contributed by atoms with Crippen molar-refractivity contribution in [2.24, 2.45) is 0 Å². The molecule has 0 saturated carbocycles. The molecule has 0 bridgehead atoms. The molecular weight excluding hydrogens is 423 g/mol. The number of hydrogen-bond acceptors (Lipinski definition) is 7. The van der Waals surface area contributed by atoms with E-state index in [0.717, 1.165) is 11.3 Å². The van der Waals surface area contributed by atoms with Crippen molar-refractivity contribution in [2.75, 3.05) is 25.2 Å². The van der Waals surface area contributed by atoms with Gasteiger partial charge in [0.05, 0.1) is 12.9 Å². The SMILES string of the molecule is COc1ccc(CN(C)C(=O)CSc2nnc(Nc3cccc(C)c3C)s2)cc1F. The van der Waals surface area contributed by atoms with Crippen LogP contribution < -0.4 is 10.1 Å². The molecule has 0 aliphatic heterocycles. The second-order valence-corrected chi connectivity index (χ2v) is 8.95. The van der Waals surface area contributed by atoms with Crippen LogP contribution in [0.2, 0.25) is 0 Å². The predicted octanol–water partition coefficient (Wildman–Crippen LogP) is 4.80. The van der Waals surface area contributed by atoms with Crippen LogP contribution in [0.25, 0.3) is 0 Å². The quantitative estimate of drug-likeness (QED) is 0.502. The third-order valence-corrected chi connectivity index (χ3v) is 6.59. The molecule has 0 spiro atoms. The number of nitrogens with one attached hydrogen (secondary N) is 1. The van der Waals surface area contributed by atoms with Crippen LogP contribution >= 0.6 is 23.1 Å². The molecule has 0 aliphatic carbocycles. The fraction of sp³-hybridized carbons (Fsp3) is 0.286. The Morgan fingerprint density at radius 3 is 2.80 bits per heavy atom. The summed E-state index contributed by atoms with van der Waals surface area (Å²) in [6.07, 6.45) is 0. The smallest absolute Gasteiger partial charge is 0.233 e. The summed E-state index contributed by atoms with van der Waals surface area (Å²) in [5.41, 5.74) is 4.05. The van der Waals surface area contributed by atoms with Crippen molar-refractivity contribution in [1.82, 2.24) is 15.1 Å². The Kier molecular flexibility index (Phi) is 7.28. The Labute approximate surface area is 183 Å². The molecule has 1 N–H and O–H groups in total. The average molecular weight is 447 g/mol. The minimum absolute atomic E-state index is 0.0736. The maximum atomic E-state index is 13.8. The van der Waals surface area contributed by atoms with Crippen molar-refractivity contribution in [3.63, 3.8) is 0 Å². The van der Waals surface area contributed by atoms with Gasteiger partial charge in [-0.1, -0.05) is 41.3 Å². The minimum Gasteiger partial charge on any atom is -0.494 e. The van der Waals surface area contributed by atoms with E-state index >= 15 is 0 Å². The number of methoxy groups -OCH3 is 1. The van der Waals surface area contributed by atoms with Gasteiger partial charge in [-0.3, -0.25) is 4.79 Å². The molecule has 1 aromatic heterocycles. The zero-order valence-corrected chi connectivity index (χ0v) is 18.9. The highest BCUT2D eigenvalue weighted by atomic mass is 32.2. The number of ether oxygens (including phenoxy) is 1. The Morgan fingerprint density at radius 2 is 2.07 bits per heavy atom. The summed E-state index contributed by atoms with van der Waals surface area (Å²) in [6.45, 7) is 4.43. The highest BCUT2D eigenvalue weighted by molar-refractivity contribution is 8.01. The molecule has 30 heavy (non-hydrogen) atoms. The molecule has 6 nitrogen and oxygen atoms in total. The first-order chi connectivity index (χ1) is 14.4. The summed E-state index contributed by atoms with van der Waals surface area (Å²) in [4.78, 5) is 14.0. The van der Waals surface area contributed by atoms with Gasteiger partial charge in [0.25, 0.3) is 0 Å². The van der Waals surface area contributed by atoms with Gasteiger partial charge in [0.1, 0.15) is 0 Å². The number of rotatable bonds is 8. The predicted molar refractivity (Wildman–Crippen MR) is 119 cm³/mol. The van der Waals surface area contributed by atoms with Crippen molar-refractivity contribution >= 4 is 39.8 Å². The standard InChI is InChI=1S/C21H23FN4O2S2/c1-13-6-5-7-17(14(13)2)23-20-24-25-21(30-20)29-12-19(27)26(3)11-15-8-9-18(28-4)16(22)10-15/h5-10H,11-12H2,1-4H3,(H,23,24). The van der Waals surface area contributed by atoms with Crippen molar-refractivity contribution in [3.05, 3.63) is 58.9 Å². The fourth-order valence-corrected chi connectivity index (χ4v) is 4.43. The van der Waals surface area contributed by atoms with Gasteiger partial charge in [-0.25, -0.2) is 4.39 Å². The number of halogens is 1. The van der Waals surface area contributed by atoms with Crippen LogP contribution in [-0.2, 0) is 11.3 Å². The Morgan fingerprint density at radius 1 is 1.27 bits per heavy atom. The lowest BCUT2D eigenvalue weighted by atomic mass is 10.1. The number of anilines is 2. The summed E-state index contributed by atoms with van der Waals surface area (Å²) in [5, 5.41) is 12.3. The summed E-state index contributed by atoms with van der Waals surface area (Å²) >= 11 is 2.74. The molecule has 0 radical (unpaired) electrons. The zero-order valence-electron chi connectivity index (χ0n) is 17.2. The molecule has 0 aliphatic rings. The Balaban J connectivity index is 1.53. The van der Waals surface area contributed by atoms with E-state index in [2.05, 4.69) is 35.4 Å². The third kappa shape index (κ3) is 5.48. The normalized spacial score (nSPS) is 10.7. The molecule has 2 aromatic carbocycles.